The summed E-state index contributed by atoms with van der Waals surface area (Å²) in [5.41, 5.74) is 13.2. The number of carbonyl (C=O) groups excluding carboxylic acids is 1. The Morgan fingerprint density at radius 3 is 1.90 bits per heavy atom. The maximum absolute atomic E-state index is 13.8. The van der Waals surface area contributed by atoms with E-state index in [1.807, 2.05) is 5.32 Å². The molecule has 1 rings (SSSR count). The minimum Gasteiger partial charge on any atom is -0.379 e. The molecule has 11 nitrogen and oxygen atoms in total. The van der Waals surface area contributed by atoms with E-state index < -0.39 is 40.4 Å². The lowest BCUT2D eigenvalue weighted by molar-refractivity contribution is 0.0166. The minimum absolute atomic E-state index is 0.0667. The SMILES string of the molecule is [N-]=[N+]=NCCOCCOCCOCCNC(=O)c1c(F)c(F)c(N=[N+]=[N-])c(F)c1F. The maximum Gasteiger partial charge on any atom is 0.257 e. The van der Waals surface area contributed by atoms with Crippen molar-refractivity contribution in [3.05, 3.63) is 49.7 Å². The largest absolute Gasteiger partial charge is 0.379 e. The summed E-state index contributed by atoms with van der Waals surface area (Å²) in [7, 11) is 0. The van der Waals surface area contributed by atoms with Crippen LogP contribution in [0.1, 0.15) is 10.4 Å². The fourth-order valence-electron chi connectivity index (χ4n) is 1.97. The van der Waals surface area contributed by atoms with Crippen LogP contribution in [0.5, 0.6) is 0 Å². The molecule has 164 valence electrons. The van der Waals surface area contributed by atoms with E-state index in [1.165, 1.54) is 0 Å². The number of azide groups is 2. The highest BCUT2D eigenvalue weighted by molar-refractivity contribution is 5.95. The summed E-state index contributed by atoms with van der Waals surface area (Å²) in [6, 6.07) is 0. The van der Waals surface area contributed by atoms with Crippen molar-refractivity contribution in [1.82, 2.24) is 5.32 Å². The van der Waals surface area contributed by atoms with Gasteiger partial charge in [-0.3, -0.25) is 4.79 Å². The Bertz CT molecular complexity index is 801. The van der Waals surface area contributed by atoms with Gasteiger partial charge >= 0.3 is 0 Å². The Balaban J connectivity index is 2.31. The molecule has 0 bridgehead atoms. The van der Waals surface area contributed by atoms with Gasteiger partial charge in [-0.1, -0.05) is 10.2 Å². The molecule has 0 fully saturated rings. The predicted molar refractivity (Wildman–Crippen MR) is 93.9 cm³/mol. The molecule has 0 saturated heterocycles. The number of hydrogen-bond acceptors (Lipinski definition) is 6. The molecule has 0 saturated carbocycles. The number of ether oxygens (including phenoxy) is 3. The van der Waals surface area contributed by atoms with Crippen molar-refractivity contribution < 1.29 is 36.6 Å². The molecule has 30 heavy (non-hydrogen) atoms. The molecule has 0 aliphatic heterocycles. The molecule has 1 aromatic carbocycles. The van der Waals surface area contributed by atoms with E-state index in [0.29, 0.717) is 6.61 Å². The fourth-order valence-corrected chi connectivity index (χ4v) is 1.97. The molecule has 15 heteroatoms. The van der Waals surface area contributed by atoms with Gasteiger partial charge in [0.05, 0.1) is 39.6 Å². The number of nitrogens with zero attached hydrogens (tertiary/aromatic N) is 6. The highest BCUT2D eigenvalue weighted by atomic mass is 19.2. The van der Waals surface area contributed by atoms with Gasteiger partial charge in [-0.05, 0) is 11.1 Å². The van der Waals surface area contributed by atoms with Gasteiger partial charge in [0.15, 0.2) is 23.3 Å². The van der Waals surface area contributed by atoms with Crippen LogP contribution in [0.2, 0.25) is 0 Å². The van der Waals surface area contributed by atoms with Gasteiger partial charge in [0.2, 0.25) is 0 Å². The maximum atomic E-state index is 13.8. The van der Waals surface area contributed by atoms with Crippen molar-refractivity contribution in [3.63, 3.8) is 0 Å². The second-order valence-corrected chi connectivity index (χ2v) is 5.22. The number of nitrogens with one attached hydrogen (secondary N) is 1. The van der Waals surface area contributed by atoms with E-state index in [2.05, 4.69) is 20.1 Å². The normalized spacial score (nSPS) is 10.3. The first-order valence-electron chi connectivity index (χ1n) is 8.39. The Labute approximate surface area is 167 Å². The van der Waals surface area contributed by atoms with E-state index >= 15 is 0 Å². The highest BCUT2D eigenvalue weighted by Crippen LogP contribution is 2.30. The fraction of sp³-hybridized carbons (Fsp3) is 0.533. The minimum atomic E-state index is -1.98. The average Bonchev–Trinajstić information content (AvgIpc) is 2.73. The van der Waals surface area contributed by atoms with Gasteiger partial charge in [-0.25, -0.2) is 17.6 Å². The van der Waals surface area contributed by atoms with Crippen LogP contribution in [0.15, 0.2) is 10.2 Å². The molecule has 0 spiro atoms. The first-order valence-corrected chi connectivity index (χ1v) is 8.39. The van der Waals surface area contributed by atoms with Gasteiger partial charge < -0.3 is 19.5 Å². The Hall–Kier alpha value is -3.09. The van der Waals surface area contributed by atoms with Crippen LogP contribution >= 0.6 is 0 Å². The summed E-state index contributed by atoms with van der Waals surface area (Å²) in [6.45, 7) is 1.13. The second kappa shape index (κ2) is 14.0. The zero-order valence-corrected chi connectivity index (χ0v) is 15.5. The first kappa shape index (κ1) is 24.9. The van der Waals surface area contributed by atoms with Crippen molar-refractivity contribution in [2.75, 3.05) is 52.7 Å². The predicted octanol–water partition coefficient (Wildman–Crippen LogP) is 3.27. The topological polar surface area (TPSA) is 154 Å². The molecule has 0 aliphatic carbocycles. The Morgan fingerprint density at radius 1 is 0.833 bits per heavy atom. The number of benzene rings is 1. The monoisotopic (exact) mass is 435 g/mol. The lowest BCUT2D eigenvalue weighted by Gasteiger charge is -2.10. The second-order valence-electron chi connectivity index (χ2n) is 5.22. The van der Waals surface area contributed by atoms with Crippen LogP contribution in [0.25, 0.3) is 20.9 Å². The molecule has 0 radical (unpaired) electrons. The first-order chi connectivity index (χ1) is 14.5. The van der Waals surface area contributed by atoms with Crippen molar-refractivity contribution in [2.24, 2.45) is 10.2 Å². The Kier molecular flexibility index (Phi) is 11.6. The number of amides is 1. The molecule has 0 heterocycles. The summed E-state index contributed by atoms with van der Waals surface area (Å²) in [6.07, 6.45) is 0. The molecule has 0 aliphatic rings. The standard InChI is InChI=1S/C15H17F4N7O4/c16-10-9(11(17)13(19)14(12(10)18)24-26-21)15(27)22-1-3-28-5-7-30-8-6-29-4-2-23-25-20/h1-8H2,(H,22,27). The van der Waals surface area contributed by atoms with E-state index in [1.54, 1.807) is 0 Å². The van der Waals surface area contributed by atoms with Crippen LogP contribution < -0.4 is 5.32 Å². The molecule has 1 aromatic rings. The average molecular weight is 435 g/mol. The molecule has 0 aromatic heterocycles. The summed E-state index contributed by atoms with van der Waals surface area (Å²) < 4.78 is 70.3. The number of hydrogen-bond donors (Lipinski definition) is 1. The van der Waals surface area contributed by atoms with E-state index in [4.69, 9.17) is 25.3 Å². The van der Waals surface area contributed by atoms with E-state index in [-0.39, 0.29) is 46.1 Å². The lowest BCUT2D eigenvalue weighted by atomic mass is 10.1. The molecular weight excluding hydrogens is 418 g/mol. The summed E-state index contributed by atoms with van der Waals surface area (Å²) in [5, 5.41) is 7.85. The summed E-state index contributed by atoms with van der Waals surface area (Å²) >= 11 is 0. The lowest BCUT2D eigenvalue weighted by Crippen LogP contribution is -2.30. The zero-order valence-electron chi connectivity index (χ0n) is 15.5. The van der Waals surface area contributed by atoms with Crippen LogP contribution in [0.3, 0.4) is 0 Å². The van der Waals surface area contributed by atoms with Gasteiger partial charge in [-0.2, -0.15) is 0 Å². The van der Waals surface area contributed by atoms with Crippen LogP contribution in [0, 0.1) is 23.3 Å². The molecule has 1 N–H and O–H groups in total. The van der Waals surface area contributed by atoms with Crippen molar-refractivity contribution in [1.29, 1.82) is 0 Å². The smallest absolute Gasteiger partial charge is 0.257 e. The molecule has 0 unspecified atom stereocenters. The van der Waals surface area contributed by atoms with E-state index in [0.717, 1.165) is 0 Å². The molecule has 0 atom stereocenters. The van der Waals surface area contributed by atoms with Gasteiger partial charge in [0.1, 0.15) is 11.3 Å². The summed E-state index contributed by atoms with van der Waals surface area (Å²) in [5.74, 6) is -9.33. The summed E-state index contributed by atoms with van der Waals surface area (Å²) in [4.78, 5) is 16.4. The highest BCUT2D eigenvalue weighted by Gasteiger charge is 2.28. The third kappa shape index (κ3) is 7.73. The number of halogens is 4. The zero-order chi connectivity index (χ0) is 22.4. The van der Waals surface area contributed by atoms with Crippen molar-refractivity contribution in [3.8, 4) is 0 Å². The third-order valence-corrected chi connectivity index (χ3v) is 3.29. The van der Waals surface area contributed by atoms with Crippen LogP contribution in [-0.4, -0.2) is 58.6 Å². The molecular formula is C15H17F4N7O4. The quantitative estimate of drug-likeness (QED) is 0.119. The van der Waals surface area contributed by atoms with Crippen LogP contribution in [0.4, 0.5) is 23.2 Å². The van der Waals surface area contributed by atoms with Gasteiger partial charge in [-0.15, -0.1) is 0 Å². The third-order valence-electron chi connectivity index (χ3n) is 3.29. The number of rotatable bonds is 14. The number of carbonyl (C=O) groups is 1. The Morgan fingerprint density at radius 2 is 1.37 bits per heavy atom. The van der Waals surface area contributed by atoms with Crippen molar-refractivity contribution in [2.45, 2.75) is 0 Å². The van der Waals surface area contributed by atoms with E-state index in [9.17, 15) is 22.4 Å². The molecule has 1 amide bonds. The van der Waals surface area contributed by atoms with Crippen LogP contribution in [-0.2, 0) is 14.2 Å². The van der Waals surface area contributed by atoms with Gasteiger partial charge in [0, 0.05) is 22.9 Å². The van der Waals surface area contributed by atoms with Crippen molar-refractivity contribution >= 4 is 11.6 Å². The van der Waals surface area contributed by atoms with Gasteiger partial charge in [0.25, 0.3) is 5.91 Å².